The van der Waals surface area contributed by atoms with Crippen LogP contribution >= 0.6 is 0 Å². The van der Waals surface area contributed by atoms with Crippen molar-refractivity contribution in [3.8, 4) is 5.75 Å². The molecule has 1 saturated heterocycles. The van der Waals surface area contributed by atoms with Gasteiger partial charge in [-0.05, 0) is 68.5 Å². The molecule has 4 rings (SSSR count). The summed E-state index contributed by atoms with van der Waals surface area (Å²) in [5, 5.41) is 3.05. The fourth-order valence-corrected chi connectivity index (χ4v) is 4.03. The maximum absolute atomic E-state index is 12.8. The second-order valence-electron chi connectivity index (χ2n) is 8.21. The molecule has 0 unspecified atom stereocenters. The number of carbonyl (C=O) groups is 2. The average molecular weight is 421 g/mol. The maximum Gasteiger partial charge on any atom is 0.258 e. The molecule has 2 amide bonds. The minimum absolute atomic E-state index is 0.00548. The number of fused-ring (bicyclic) bond motifs is 1. The van der Waals surface area contributed by atoms with Crippen LogP contribution in [0.4, 0.5) is 0 Å². The van der Waals surface area contributed by atoms with Crippen molar-refractivity contribution < 1.29 is 14.3 Å². The molecule has 7 heteroatoms. The van der Waals surface area contributed by atoms with Crippen molar-refractivity contribution in [2.24, 2.45) is 0 Å². The Bertz CT molecular complexity index is 1110. The molecule has 1 fully saturated rings. The van der Waals surface area contributed by atoms with Gasteiger partial charge >= 0.3 is 0 Å². The van der Waals surface area contributed by atoms with Crippen LogP contribution in [0.15, 0.2) is 36.7 Å². The molecule has 7 nitrogen and oxygen atoms in total. The average Bonchev–Trinajstić information content (AvgIpc) is 3.24. The fourth-order valence-electron chi connectivity index (χ4n) is 4.03. The molecule has 0 bridgehead atoms. The molecule has 3 aromatic rings. The Kier molecular flexibility index (Phi) is 5.93. The number of imidazole rings is 1. The van der Waals surface area contributed by atoms with Crippen LogP contribution < -0.4 is 10.1 Å². The van der Waals surface area contributed by atoms with E-state index in [9.17, 15) is 9.59 Å². The number of aromatic amines is 1. The summed E-state index contributed by atoms with van der Waals surface area (Å²) in [7, 11) is 0. The quantitative estimate of drug-likeness (QED) is 0.663. The SMILES string of the molecule is Cc1ccc(C)c(OCC(=O)NC2CCN(C(=O)c3ccc4nc[nH]c4c3)CC2)c1C. The minimum atomic E-state index is -0.130. The largest absolute Gasteiger partial charge is 0.483 e. The van der Waals surface area contributed by atoms with Gasteiger partial charge in [0.15, 0.2) is 6.61 Å². The summed E-state index contributed by atoms with van der Waals surface area (Å²) in [5.74, 6) is 0.662. The van der Waals surface area contributed by atoms with Crippen molar-refractivity contribution >= 4 is 22.8 Å². The number of aromatic nitrogens is 2. The summed E-state index contributed by atoms with van der Waals surface area (Å²) in [6, 6.07) is 9.61. The zero-order valence-electron chi connectivity index (χ0n) is 18.2. The van der Waals surface area contributed by atoms with Crippen molar-refractivity contribution in [2.75, 3.05) is 19.7 Å². The lowest BCUT2D eigenvalue weighted by molar-refractivity contribution is -0.124. The van der Waals surface area contributed by atoms with E-state index in [4.69, 9.17) is 4.74 Å². The molecule has 2 heterocycles. The summed E-state index contributed by atoms with van der Waals surface area (Å²) >= 11 is 0. The van der Waals surface area contributed by atoms with Gasteiger partial charge in [0.25, 0.3) is 11.8 Å². The van der Waals surface area contributed by atoms with Crippen LogP contribution in [0.1, 0.15) is 39.9 Å². The van der Waals surface area contributed by atoms with Crippen LogP contribution in [0.25, 0.3) is 11.0 Å². The van der Waals surface area contributed by atoms with E-state index in [0.717, 1.165) is 46.3 Å². The van der Waals surface area contributed by atoms with E-state index in [1.807, 2.05) is 49.9 Å². The Morgan fingerprint density at radius 2 is 1.87 bits per heavy atom. The van der Waals surface area contributed by atoms with Crippen molar-refractivity contribution in [1.82, 2.24) is 20.2 Å². The topological polar surface area (TPSA) is 87.3 Å². The summed E-state index contributed by atoms with van der Waals surface area (Å²) in [5.41, 5.74) is 5.58. The number of benzene rings is 2. The van der Waals surface area contributed by atoms with Gasteiger partial charge in [0.1, 0.15) is 5.75 Å². The smallest absolute Gasteiger partial charge is 0.258 e. The van der Waals surface area contributed by atoms with Crippen LogP contribution in [-0.2, 0) is 4.79 Å². The number of amides is 2. The third-order valence-corrected chi connectivity index (χ3v) is 6.04. The molecule has 162 valence electrons. The molecule has 0 saturated carbocycles. The lowest BCUT2D eigenvalue weighted by atomic mass is 10.0. The molecule has 0 radical (unpaired) electrons. The normalized spacial score (nSPS) is 14.6. The van der Waals surface area contributed by atoms with Gasteiger partial charge in [-0.3, -0.25) is 9.59 Å². The Morgan fingerprint density at radius 1 is 1.13 bits per heavy atom. The van der Waals surface area contributed by atoms with Crippen LogP contribution in [-0.4, -0.2) is 52.4 Å². The van der Waals surface area contributed by atoms with E-state index in [1.54, 1.807) is 6.33 Å². The number of hydrogen-bond acceptors (Lipinski definition) is 4. The fraction of sp³-hybridized carbons (Fsp3) is 0.375. The first kappa shape index (κ1) is 20.9. The van der Waals surface area contributed by atoms with E-state index in [0.29, 0.717) is 18.7 Å². The number of rotatable bonds is 5. The Hall–Kier alpha value is -3.35. The molecule has 0 spiro atoms. The number of ether oxygens (including phenoxy) is 1. The van der Waals surface area contributed by atoms with Gasteiger partial charge in [-0.25, -0.2) is 4.98 Å². The number of aryl methyl sites for hydroxylation is 2. The highest BCUT2D eigenvalue weighted by atomic mass is 16.5. The highest BCUT2D eigenvalue weighted by Gasteiger charge is 2.25. The molecule has 0 atom stereocenters. The summed E-state index contributed by atoms with van der Waals surface area (Å²) < 4.78 is 5.81. The van der Waals surface area contributed by atoms with Gasteiger partial charge in [-0.2, -0.15) is 0 Å². The van der Waals surface area contributed by atoms with Crippen molar-refractivity contribution in [1.29, 1.82) is 0 Å². The maximum atomic E-state index is 12.8. The number of hydrogen-bond donors (Lipinski definition) is 2. The van der Waals surface area contributed by atoms with Crippen molar-refractivity contribution in [3.63, 3.8) is 0 Å². The van der Waals surface area contributed by atoms with E-state index in [-0.39, 0.29) is 24.5 Å². The van der Waals surface area contributed by atoms with Crippen LogP contribution in [0.3, 0.4) is 0 Å². The van der Waals surface area contributed by atoms with Crippen molar-refractivity contribution in [3.05, 3.63) is 58.9 Å². The van der Waals surface area contributed by atoms with Crippen LogP contribution in [0, 0.1) is 20.8 Å². The first-order valence-electron chi connectivity index (χ1n) is 10.6. The molecule has 2 N–H and O–H groups in total. The number of nitrogens with zero attached hydrogens (tertiary/aromatic N) is 2. The molecule has 1 aliphatic rings. The second kappa shape index (κ2) is 8.79. The lowest BCUT2D eigenvalue weighted by Crippen LogP contribution is -2.47. The van der Waals surface area contributed by atoms with E-state index >= 15 is 0 Å². The second-order valence-corrected chi connectivity index (χ2v) is 8.21. The first-order chi connectivity index (χ1) is 14.9. The molecule has 1 aliphatic heterocycles. The molecular formula is C24H28N4O3. The number of H-pyrrole nitrogens is 1. The van der Waals surface area contributed by atoms with Crippen LogP contribution in [0.2, 0.25) is 0 Å². The monoisotopic (exact) mass is 420 g/mol. The predicted octanol–water partition coefficient (Wildman–Crippen LogP) is 3.29. The van der Waals surface area contributed by atoms with Gasteiger partial charge in [-0.1, -0.05) is 12.1 Å². The molecule has 31 heavy (non-hydrogen) atoms. The highest BCUT2D eigenvalue weighted by Crippen LogP contribution is 2.25. The number of piperidine rings is 1. The lowest BCUT2D eigenvalue weighted by Gasteiger charge is -2.32. The summed E-state index contributed by atoms with van der Waals surface area (Å²) in [6.45, 7) is 7.24. The third-order valence-electron chi connectivity index (χ3n) is 6.04. The van der Waals surface area contributed by atoms with Gasteiger partial charge in [-0.15, -0.1) is 0 Å². The minimum Gasteiger partial charge on any atom is -0.483 e. The number of carbonyl (C=O) groups excluding carboxylic acids is 2. The van der Waals surface area contributed by atoms with E-state index in [1.165, 1.54) is 0 Å². The number of nitrogens with one attached hydrogen (secondary N) is 2. The Morgan fingerprint density at radius 3 is 2.65 bits per heavy atom. The summed E-state index contributed by atoms with van der Waals surface area (Å²) in [6.07, 6.45) is 3.08. The van der Waals surface area contributed by atoms with E-state index in [2.05, 4.69) is 21.4 Å². The molecule has 2 aromatic carbocycles. The molecular weight excluding hydrogens is 392 g/mol. The Labute approximate surface area is 181 Å². The van der Waals surface area contributed by atoms with Gasteiger partial charge in [0.2, 0.25) is 0 Å². The third kappa shape index (κ3) is 4.55. The zero-order chi connectivity index (χ0) is 22.0. The van der Waals surface area contributed by atoms with Gasteiger partial charge < -0.3 is 19.9 Å². The van der Waals surface area contributed by atoms with Gasteiger partial charge in [0, 0.05) is 24.7 Å². The predicted molar refractivity (Wildman–Crippen MR) is 119 cm³/mol. The highest BCUT2D eigenvalue weighted by molar-refractivity contribution is 5.97. The van der Waals surface area contributed by atoms with Gasteiger partial charge in [0.05, 0.1) is 17.4 Å². The van der Waals surface area contributed by atoms with Crippen molar-refractivity contribution in [2.45, 2.75) is 39.7 Å². The Balaban J connectivity index is 1.27. The first-order valence-corrected chi connectivity index (χ1v) is 10.6. The standard InChI is InChI=1S/C24H28N4O3/c1-15-4-5-16(2)23(17(15)3)31-13-22(29)27-19-8-10-28(11-9-19)24(30)18-6-7-20-21(12-18)26-14-25-20/h4-7,12,14,19H,8-11,13H2,1-3H3,(H,25,26)(H,27,29). The molecule has 0 aliphatic carbocycles. The molecule has 1 aromatic heterocycles. The number of likely N-dealkylation sites (tertiary alicyclic amines) is 1. The summed E-state index contributed by atoms with van der Waals surface area (Å²) in [4.78, 5) is 34.3. The van der Waals surface area contributed by atoms with Crippen LogP contribution in [0.5, 0.6) is 5.75 Å². The van der Waals surface area contributed by atoms with E-state index < -0.39 is 0 Å². The zero-order valence-corrected chi connectivity index (χ0v) is 18.2.